The highest BCUT2D eigenvalue weighted by Crippen LogP contribution is 2.31. The molecule has 1 aromatic carbocycles. The molecule has 0 heterocycles. The predicted octanol–water partition coefficient (Wildman–Crippen LogP) is 3.27. The van der Waals surface area contributed by atoms with Gasteiger partial charge in [-0.25, -0.2) is 0 Å². The van der Waals surface area contributed by atoms with Gasteiger partial charge >= 0.3 is 0 Å². The van der Waals surface area contributed by atoms with Crippen LogP contribution in [0.2, 0.25) is 0 Å². The fourth-order valence-electron chi connectivity index (χ4n) is 1.84. The van der Waals surface area contributed by atoms with Crippen LogP contribution in [-0.2, 0) is 5.54 Å². The molecule has 0 saturated heterocycles. The molecular weight excluding hydrogens is 194 g/mol. The van der Waals surface area contributed by atoms with Crippen LogP contribution in [0.4, 0.5) is 0 Å². The predicted molar refractivity (Wildman–Crippen MR) is 70.1 cm³/mol. The second-order valence-corrected chi connectivity index (χ2v) is 5.19. The highest BCUT2D eigenvalue weighted by atomic mass is 15.2. The Morgan fingerprint density at radius 2 is 1.56 bits per heavy atom. The molecule has 0 atom stereocenters. The van der Waals surface area contributed by atoms with Crippen molar-refractivity contribution in [2.45, 2.75) is 38.8 Å². The van der Waals surface area contributed by atoms with Gasteiger partial charge in [0.05, 0.1) is 5.54 Å². The molecule has 0 aliphatic carbocycles. The van der Waals surface area contributed by atoms with Gasteiger partial charge in [-0.3, -0.25) is 4.90 Å². The molecule has 0 N–H and O–H groups in total. The molecule has 1 heteroatoms. The third-order valence-electron chi connectivity index (χ3n) is 3.51. The Hall–Kier alpha value is -1.26. The molecule has 0 radical (unpaired) electrons. The maximum absolute atomic E-state index is 5.59. The van der Waals surface area contributed by atoms with Crippen LogP contribution in [0.3, 0.4) is 0 Å². The average Bonchev–Trinajstić information content (AvgIpc) is 2.29. The number of terminal acetylenes is 1. The Morgan fingerprint density at radius 3 is 2.00 bits per heavy atom. The maximum atomic E-state index is 5.59. The fourth-order valence-corrected chi connectivity index (χ4v) is 1.84. The molecular formula is C15H21N. The van der Waals surface area contributed by atoms with Crippen molar-refractivity contribution in [2.75, 3.05) is 7.05 Å². The van der Waals surface area contributed by atoms with E-state index in [1.54, 1.807) is 0 Å². The molecule has 0 saturated carbocycles. The van der Waals surface area contributed by atoms with E-state index in [0.29, 0.717) is 0 Å². The molecule has 0 amide bonds. The van der Waals surface area contributed by atoms with Crippen LogP contribution in [0.1, 0.15) is 33.3 Å². The largest absolute Gasteiger partial charge is 0.282 e. The summed E-state index contributed by atoms with van der Waals surface area (Å²) in [7, 11) is 2.08. The standard InChI is InChI=1S/C15H21N/c1-7-14(2,3)16(6)15(4,5)13-11-9-8-10-12-13/h1,8-12H,2-6H3. The molecule has 0 spiro atoms. The summed E-state index contributed by atoms with van der Waals surface area (Å²) in [6.07, 6.45) is 5.59. The van der Waals surface area contributed by atoms with Crippen LogP contribution < -0.4 is 0 Å². The van der Waals surface area contributed by atoms with E-state index < -0.39 is 0 Å². The molecule has 1 nitrogen and oxygen atoms in total. The second kappa shape index (κ2) is 4.31. The van der Waals surface area contributed by atoms with E-state index in [4.69, 9.17) is 6.42 Å². The molecule has 0 aromatic heterocycles. The molecule has 0 unspecified atom stereocenters. The summed E-state index contributed by atoms with van der Waals surface area (Å²) in [6, 6.07) is 10.4. The number of hydrogen-bond donors (Lipinski definition) is 0. The van der Waals surface area contributed by atoms with E-state index in [9.17, 15) is 0 Å². The number of rotatable bonds is 3. The summed E-state index contributed by atoms with van der Waals surface area (Å²) < 4.78 is 0. The minimum Gasteiger partial charge on any atom is -0.282 e. The number of nitrogens with zero attached hydrogens (tertiary/aromatic N) is 1. The van der Waals surface area contributed by atoms with Crippen LogP contribution in [0.25, 0.3) is 0 Å². The van der Waals surface area contributed by atoms with E-state index in [1.807, 2.05) is 6.07 Å². The lowest BCUT2D eigenvalue weighted by Gasteiger charge is -2.44. The first-order valence-electron chi connectivity index (χ1n) is 5.59. The summed E-state index contributed by atoms with van der Waals surface area (Å²) in [5.41, 5.74) is 0.956. The maximum Gasteiger partial charge on any atom is 0.0770 e. The van der Waals surface area contributed by atoms with Crippen molar-refractivity contribution in [1.29, 1.82) is 0 Å². The van der Waals surface area contributed by atoms with Crippen LogP contribution in [0, 0.1) is 12.3 Å². The van der Waals surface area contributed by atoms with Gasteiger partial charge in [-0.1, -0.05) is 36.3 Å². The molecule has 16 heavy (non-hydrogen) atoms. The molecule has 0 aliphatic heterocycles. The highest BCUT2D eigenvalue weighted by Gasteiger charge is 2.34. The summed E-state index contributed by atoms with van der Waals surface area (Å²) in [5.74, 6) is 2.84. The van der Waals surface area contributed by atoms with Gasteiger partial charge in [0.2, 0.25) is 0 Å². The van der Waals surface area contributed by atoms with Gasteiger partial charge in [-0.15, -0.1) is 6.42 Å². The van der Waals surface area contributed by atoms with Gasteiger partial charge in [-0.2, -0.15) is 0 Å². The van der Waals surface area contributed by atoms with Crippen molar-refractivity contribution in [2.24, 2.45) is 0 Å². The lowest BCUT2D eigenvalue weighted by atomic mass is 9.88. The zero-order chi connectivity index (χ0) is 12.4. The third kappa shape index (κ3) is 2.28. The minimum absolute atomic E-state index is 0.0723. The topological polar surface area (TPSA) is 3.24 Å². The Labute approximate surface area is 99.5 Å². The monoisotopic (exact) mass is 215 g/mol. The Bertz CT molecular complexity index is 382. The minimum atomic E-state index is -0.251. The van der Waals surface area contributed by atoms with Crippen LogP contribution >= 0.6 is 0 Å². The zero-order valence-electron chi connectivity index (χ0n) is 10.9. The van der Waals surface area contributed by atoms with Gasteiger partial charge in [0, 0.05) is 5.54 Å². The second-order valence-electron chi connectivity index (χ2n) is 5.19. The van der Waals surface area contributed by atoms with Crippen molar-refractivity contribution in [3.63, 3.8) is 0 Å². The van der Waals surface area contributed by atoms with Crippen LogP contribution in [0.15, 0.2) is 30.3 Å². The van der Waals surface area contributed by atoms with Gasteiger partial charge in [0.15, 0.2) is 0 Å². The van der Waals surface area contributed by atoms with Crippen molar-refractivity contribution in [3.05, 3.63) is 35.9 Å². The number of hydrogen-bond acceptors (Lipinski definition) is 1. The molecule has 86 valence electrons. The van der Waals surface area contributed by atoms with E-state index in [2.05, 4.69) is 69.8 Å². The summed E-state index contributed by atoms with van der Waals surface area (Å²) >= 11 is 0. The Balaban J connectivity index is 3.09. The fraction of sp³-hybridized carbons (Fsp3) is 0.467. The molecule has 0 fully saturated rings. The van der Waals surface area contributed by atoms with Crippen LogP contribution in [-0.4, -0.2) is 17.5 Å². The molecule has 0 bridgehead atoms. The Kier molecular flexibility index (Phi) is 3.45. The summed E-state index contributed by atoms with van der Waals surface area (Å²) in [6.45, 7) is 8.53. The SMILES string of the molecule is C#CC(C)(C)N(C)C(C)(C)c1ccccc1. The smallest absolute Gasteiger partial charge is 0.0770 e. The first kappa shape index (κ1) is 12.8. The molecule has 1 aromatic rings. The Morgan fingerprint density at radius 1 is 1.06 bits per heavy atom. The van der Waals surface area contributed by atoms with Crippen LogP contribution in [0.5, 0.6) is 0 Å². The highest BCUT2D eigenvalue weighted by molar-refractivity contribution is 5.25. The van der Waals surface area contributed by atoms with Gasteiger partial charge < -0.3 is 0 Å². The van der Waals surface area contributed by atoms with E-state index in [-0.39, 0.29) is 11.1 Å². The number of benzene rings is 1. The van der Waals surface area contributed by atoms with Crippen molar-refractivity contribution in [3.8, 4) is 12.3 Å². The molecule has 1 rings (SSSR count). The lowest BCUT2D eigenvalue weighted by molar-refractivity contribution is 0.0791. The van der Waals surface area contributed by atoms with Crippen molar-refractivity contribution in [1.82, 2.24) is 4.90 Å². The van der Waals surface area contributed by atoms with Crippen molar-refractivity contribution < 1.29 is 0 Å². The first-order valence-corrected chi connectivity index (χ1v) is 5.59. The quantitative estimate of drug-likeness (QED) is 0.699. The first-order chi connectivity index (χ1) is 7.32. The van der Waals surface area contributed by atoms with Gasteiger partial charge in [0.25, 0.3) is 0 Å². The van der Waals surface area contributed by atoms with E-state index in [0.717, 1.165) is 0 Å². The summed E-state index contributed by atoms with van der Waals surface area (Å²) in [4.78, 5) is 2.23. The lowest BCUT2D eigenvalue weighted by Crippen LogP contribution is -2.50. The van der Waals surface area contributed by atoms with Crippen molar-refractivity contribution >= 4 is 0 Å². The van der Waals surface area contributed by atoms with E-state index in [1.165, 1.54) is 5.56 Å². The molecule has 0 aliphatic rings. The van der Waals surface area contributed by atoms with Gasteiger partial charge in [0.1, 0.15) is 0 Å². The zero-order valence-corrected chi connectivity index (χ0v) is 10.9. The van der Waals surface area contributed by atoms with E-state index >= 15 is 0 Å². The summed E-state index contributed by atoms with van der Waals surface area (Å²) in [5, 5.41) is 0. The average molecular weight is 215 g/mol. The third-order valence-corrected chi connectivity index (χ3v) is 3.51. The normalized spacial score (nSPS) is 12.6. The van der Waals surface area contributed by atoms with Gasteiger partial charge in [-0.05, 0) is 40.3 Å².